The summed E-state index contributed by atoms with van der Waals surface area (Å²) in [6, 6.07) is 4.95. The van der Waals surface area contributed by atoms with E-state index in [4.69, 9.17) is 10.00 Å². The predicted octanol–water partition coefficient (Wildman–Crippen LogP) is 3.17. The van der Waals surface area contributed by atoms with Crippen LogP contribution in [0.25, 0.3) is 0 Å². The minimum atomic E-state index is -4.44. The molecule has 0 aliphatic carbocycles. The van der Waals surface area contributed by atoms with Gasteiger partial charge in [-0.2, -0.15) is 18.4 Å². The molecule has 1 fully saturated rings. The van der Waals surface area contributed by atoms with Crippen LogP contribution >= 0.6 is 0 Å². The van der Waals surface area contributed by atoms with Gasteiger partial charge in [-0.05, 0) is 31.5 Å². The number of hydrogen-bond donors (Lipinski definition) is 1. The van der Waals surface area contributed by atoms with Crippen LogP contribution in [0.15, 0.2) is 18.2 Å². The Morgan fingerprint density at radius 2 is 2.16 bits per heavy atom. The van der Waals surface area contributed by atoms with Crippen molar-refractivity contribution in [1.29, 1.82) is 5.26 Å². The van der Waals surface area contributed by atoms with Gasteiger partial charge in [-0.25, -0.2) is 0 Å². The molecule has 1 aromatic carbocycles. The number of nitrogens with one attached hydrogen (secondary N) is 1. The first kappa shape index (κ1) is 13.7. The highest BCUT2D eigenvalue weighted by Crippen LogP contribution is 2.32. The molecule has 1 N–H and O–H groups in total. The van der Waals surface area contributed by atoms with E-state index in [1.165, 1.54) is 6.07 Å². The van der Waals surface area contributed by atoms with Crippen molar-refractivity contribution < 1.29 is 17.9 Å². The molecule has 1 saturated heterocycles. The van der Waals surface area contributed by atoms with E-state index in [-0.39, 0.29) is 17.7 Å². The fourth-order valence-corrected chi connectivity index (χ4v) is 2.06. The Morgan fingerprint density at radius 1 is 1.42 bits per heavy atom. The normalized spacial score (nSPS) is 23.1. The van der Waals surface area contributed by atoms with E-state index in [9.17, 15) is 13.2 Å². The van der Waals surface area contributed by atoms with Crippen LogP contribution in [0.1, 0.15) is 24.5 Å². The van der Waals surface area contributed by atoms with Gasteiger partial charge in [-0.3, -0.25) is 0 Å². The van der Waals surface area contributed by atoms with Crippen molar-refractivity contribution in [3.05, 3.63) is 29.3 Å². The number of halogens is 3. The van der Waals surface area contributed by atoms with Gasteiger partial charge in [0.05, 0.1) is 29.0 Å². The van der Waals surface area contributed by atoms with Gasteiger partial charge < -0.3 is 10.1 Å². The first-order valence-corrected chi connectivity index (χ1v) is 5.91. The van der Waals surface area contributed by atoms with Gasteiger partial charge in [0.1, 0.15) is 6.07 Å². The number of hydrogen-bond acceptors (Lipinski definition) is 3. The van der Waals surface area contributed by atoms with E-state index < -0.39 is 11.7 Å². The van der Waals surface area contributed by atoms with Crippen molar-refractivity contribution in [2.24, 2.45) is 0 Å². The van der Waals surface area contributed by atoms with Crippen molar-refractivity contribution in [3.63, 3.8) is 0 Å². The predicted molar refractivity (Wildman–Crippen MR) is 63.6 cm³/mol. The lowest BCUT2D eigenvalue weighted by molar-refractivity contribution is -0.137. The molecule has 2 atom stereocenters. The average Bonchev–Trinajstić information content (AvgIpc) is 2.74. The van der Waals surface area contributed by atoms with Gasteiger partial charge in [-0.15, -0.1) is 0 Å². The summed E-state index contributed by atoms with van der Waals surface area (Å²) in [5.41, 5.74) is -0.405. The van der Waals surface area contributed by atoms with E-state index in [1.807, 2.05) is 6.92 Å². The van der Waals surface area contributed by atoms with Gasteiger partial charge in [0.2, 0.25) is 0 Å². The van der Waals surface area contributed by atoms with Gasteiger partial charge in [0.15, 0.2) is 0 Å². The Morgan fingerprint density at radius 3 is 2.68 bits per heavy atom. The van der Waals surface area contributed by atoms with Crippen molar-refractivity contribution in [2.75, 3.05) is 11.9 Å². The standard InChI is InChI=1S/C13H13F3N2O/c1-8-11(4-5-19-8)18-12-3-2-10(13(14,15)16)6-9(12)7-17/h2-3,6,8,11,18H,4-5H2,1H3. The SMILES string of the molecule is CC1OCCC1Nc1ccc(C(F)(F)F)cc1C#N. The molecular weight excluding hydrogens is 257 g/mol. The van der Waals surface area contributed by atoms with Crippen molar-refractivity contribution in [2.45, 2.75) is 31.7 Å². The first-order chi connectivity index (χ1) is 8.91. The maximum absolute atomic E-state index is 12.6. The Kier molecular flexibility index (Phi) is 3.67. The Hall–Kier alpha value is -1.74. The van der Waals surface area contributed by atoms with Gasteiger partial charge in [0, 0.05) is 6.61 Å². The minimum absolute atomic E-state index is 0.00562. The Balaban J connectivity index is 2.24. The molecule has 0 saturated carbocycles. The molecule has 6 heteroatoms. The lowest BCUT2D eigenvalue weighted by Gasteiger charge is -2.19. The van der Waals surface area contributed by atoms with E-state index in [2.05, 4.69) is 5.32 Å². The fourth-order valence-electron chi connectivity index (χ4n) is 2.06. The molecule has 2 unspecified atom stereocenters. The molecule has 19 heavy (non-hydrogen) atoms. The fraction of sp³-hybridized carbons (Fsp3) is 0.462. The van der Waals surface area contributed by atoms with Gasteiger partial charge >= 0.3 is 6.18 Å². The number of nitriles is 1. The van der Waals surface area contributed by atoms with Crippen LogP contribution in [0, 0.1) is 11.3 Å². The van der Waals surface area contributed by atoms with Crippen LogP contribution < -0.4 is 5.32 Å². The zero-order valence-electron chi connectivity index (χ0n) is 10.3. The van der Waals surface area contributed by atoms with E-state index in [0.29, 0.717) is 12.3 Å². The van der Waals surface area contributed by atoms with Crippen LogP contribution in [0.2, 0.25) is 0 Å². The van der Waals surface area contributed by atoms with Crippen LogP contribution in [-0.2, 0) is 10.9 Å². The van der Waals surface area contributed by atoms with Crippen molar-refractivity contribution in [1.82, 2.24) is 0 Å². The van der Waals surface area contributed by atoms with Gasteiger partial charge in [0.25, 0.3) is 0 Å². The maximum atomic E-state index is 12.6. The molecular formula is C13H13F3N2O. The van der Waals surface area contributed by atoms with Crippen LogP contribution in [-0.4, -0.2) is 18.8 Å². The Labute approximate surface area is 109 Å². The van der Waals surface area contributed by atoms with Crippen LogP contribution in [0.4, 0.5) is 18.9 Å². The molecule has 1 aliphatic rings. The third-order valence-electron chi connectivity index (χ3n) is 3.18. The molecule has 0 spiro atoms. The third kappa shape index (κ3) is 2.99. The summed E-state index contributed by atoms with van der Waals surface area (Å²) >= 11 is 0. The first-order valence-electron chi connectivity index (χ1n) is 5.91. The quantitative estimate of drug-likeness (QED) is 0.897. The lowest BCUT2D eigenvalue weighted by atomic mass is 10.1. The number of alkyl halides is 3. The molecule has 3 nitrogen and oxygen atoms in total. The van der Waals surface area contributed by atoms with Gasteiger partial charge in [-0.1, -0.05) is 0 Å². The van der Waals surface area contributed by atoms with E-state index in [1.54, 1.807) is 6.07 Å². The van der Waals surface area contributed by atoms with E-state index >= 15 is 0 Å². The highest BCUT2D eigenvalue weighted by atomic mass is 19.4. The second-order valence-electron chi connectivity index (χ2n) is 4.49. The summed E-state index contributed by atoms with van der Waals surface area (Å²) in [5.74, 6) is 0. The highest BCUT2D eigenvalue weighted by Gasteiger charge is 2.31. The number of ether oxygens (including phenoxy) is 1. The number of benzene rings is 1. The molecule has 0 amide bonds. The summed E-state index contributed by atoms with van der Waals surface area (Å²) in [4.78, 5) is 0. The molecule has 0 bridgehead atoms. The number of anilines is 1. The van der Waals surface area contributed by atoms with E-state index in [0.717, 1.165) is 18.6 Å². The maximum Gasteiger partial charge on any atom is 0.416 e. The number of rotatable bonds is 2. The topological polar surface area (TPSA) is 45.0 Å². The summed E-state index contributed by atoms with van der Waals surface area (Å²) < 4.78 is 43.0. The zero-order valence-corrected chi connectivity index (χ0v) is 10.3. The molecule has 1 aliphatic heterocycles. The molecule has 0 aromatic heterocycles. The highest BCUT2D eigenvalue weighted by molar-refractivity contribution is 5.59. The second kappa shape index (κ2) is 5.10. The lowest BCUT2D eigenvalue weighted by Crippen LogP contribution is -2.27. The average molecular weight is 270 g/mol. The zero-order chi connectivity index (χ0) is 14.0. The second-order valence-corrected chi connectivity index (χ2v) is 4.49. The number of nitrogens with zero attached hydrogens (tertiary/aromatic N) is 1. The van der Waals surface area contributed by atoms with Crippen LogP contribution in [0.3, 0.4) is 0 Å². The van der Waals surface area contributed by atoms with Crippen LogP contribution in [0.5, 0.6) is 0 Å². The summed E-state index contributed by atoms with van der Waals surface area (Å²) in [7, 11) is 0. The molecule has 102 valence electrons. The summed E-state index contributed by atoms with van der Waals surface area (Å²) in [6.07, 6.45) is -3.69. The summed E-state index contributed by atoms with van der Waals surface area (Å²) in [6.45, 7) is 2.50. The minimum Gasteiger partial charge on any atom is -0.379 e. The Bertz CT molecular complexity index is 508. The molecule has 1 aromatic rings. The largest absolute Gasteiger partial charge is 0.416 e. The van der Waals surface area contributed by atoms with Crippen molar-refractivity contribution in [3.8, 4) is 6.07 Å². The summed E-state index contributed by atoms with van der Waals surface area (Å²) in [5, 5.41) is 12.0. The smallest absolute Gasteiger partial charge is 0.379 e. The molecule has 2 rings (SSSR count). The molecule has 0 radical (unpaired) electrons. The monoisotopic (exact) mass is 270 g/mol. The molecule has 1 heterocycles. The third-order valence-corrected chi connectivity index (χ3v) is 3.18. The van der Waals surface area contributed by atoms with Crippen molar-refractivity contribution >= 4 is 5.69 Å².